The summed E-state index contributed by atoms with van der Waals surface area (Å²) in [6.45, 7) is 1.53. The monoisotopic (exact) mass is 549 g/mol. The van der Waals surface area contributed by atoms with Crippen molar-refractivity contribution in [3.05, 3.63) is 72.5 Å². The molecule has 9 nitrogen and oxygen atoms in total. The first-order valence-corrected chi connectivity index (χ1v) is 14.2. The maximum absolute atomic E-state index is 13.7. The third kappa shape index (κ3) is 5.80. The number of fused-ring (bicyclic) bond motifs is 1. The number of carbonyl (C=O) groups excluding carboxylic acids is 1. The Morgan fingerprint density at radius 1 is 0.974 bits per heavy atom. The van der Waals surface area contributed by atoms with Crippen LogP contribution in [0.5, 0.6) is 11.5 Å². The number of methoxy groups -OCH3 is 2. The number of para-hydroxylation sites is 2. The van der Waals surface area contributed by atoms with Crippen molar-refractivity contribution >= 4 is 44.0 Å². The van der Waals surface area contributed by atoms with Gasteiger partial charge in [0.15, 0.2) is 0 Å². The fourth-order valence-electron chi connectivity index (χ4n) is 4.84. The molecule has 10 heteroatoms. The molecular weight excluding hydrogens is 518 g/mol. The number of amides is 1. The highest BCUT2D eigenvalue weighted by atomic mass is 32.2. The van der Waals surface area contributed by atoms with E-state index in [-0.39, 0.29) is 17.2 Å². The maximum Gasteiger partial charge on any atom is 0.264 e. The van der Waals surface area contributed by atoms with Crippen molar-refractivity contribution in [1.29, 1.82) is 0 Å². The number of piperidine rings is 1. The second kappa shape index (κ2) is 11.3. The van der Waals surface area contributed by atoms with Gasteiger partial charge < -0.3 is 24.1 Å². The summed E-state index contributed by atoms with van der Waals surface area (Å²) in [5, 5.41) is 3.67. The number of furan rings is 1. The Bertz CT molecular complexity index is 1590. The molecular formula is C29H31N3O6S. The van der Waals surface area contributed by atoms with Crippen molar-refractivity contribution in [3.8, 4) is 11.5 Å². The summed E-state index contributed by atoms with van der Waals surface area (Å²) >= 11 is 0. The lowest BCUT2D eigenvalue weighted by molar-refractivity contribution is -0.115. The summed E-state index contributed by atoms with van der Waals surface area (Å²) in [7, 11) is -0.952. The highest BCUT2D eigenvalue weighted by Crippen LogP contribution is 2.34. The maximum atomic E-state index is 13.7. The van der Waals surface area contributed by atoms with Crippen molar-refractivity contribution in [3.63, 3.8) is 0 Å². The summed E-state index contributed by atoms with van der Waals surface area (Å²) in [5.74, 6) is 0.785. The van der Waals surface area contributed by atoms with Gasteiger partial charge in [0.1, 0.15) is 22.0 Å². The molecule has 1 saturated heterocycles. The molecule has 2 N–H and O–H groups in total. The number of nitrogens with zero attached hydrogens (tertiary/aromatic N) is 1. The molecule has 0 aliphatic carbocycles. The number of carbonyl (C=O) groups is 1. The predicted octanol–water partition coefficient (Wildman–Crippen LogP) is 5.42. The van der Waals surface area contributed by atoms with Crippen molar-refractivity contribution in [2.45, 2.75) is 30.6 Å². The normalized spacial score (nSPS) is 13.7. The zero-order valence-corrected chi connectivity index (χ0v) is 22.7. The quantitative estimate of drug-likeness (QED) is 0.287. The van der Waals surface area contributed by atoms with Gasteiger partial charge in [-0.3, -0.25) is 9.52 Å². The molecule has 1 aromatic heterocycles. The Kier molecular flexibility index (Phi) is 7.65. The lowest BCUT2D eigenvalue weighted by atomic mass is 10.1. The van der Waals surface area contributed by atoms with Crippen molar-refractivity contribution in [2.24, 2.45) is 0 Å². The number of sulfonamides is 1. The highest BCUT2D eigenvalue weighted by Gasteiger charge is 2.25. The van der Waals surface area contributed by atoms with Gasteiger partial charge in [-0.05, 0) is 61.7 Å². The van der Waals surface area contributed by atoms with Crippen molar-refractivity contribution < 1.29 is 27.1 Å². The lowest BCUT2D eigenvalue weighted by Crippen LogP contribution is -2.31. The van der Waals surface area contributed by atoms with Gasteiger partial charge in [-0.15, -0.1) is 0 Å². The smallest absolute Gasteiger partial charge is 0.264 e. The van der Waals surface area contributed by atoms with E-state index in [1.165, 1.54) is 13.2 Å². The number of ether oxygens (including phenoxy) is 2. The topological polar surface area (TPSA) is 110 Å². The van der Waals surface area contributed by atoms with Gasteiger partial charge in [-0.25, -0.2) is 8.42 Å². The largest absolute Gasteiger partial charge is 0.497 e. The number of benzene rings is 3. The van der Waals surface area contributed by atoms with Crippen LogP contribution in [0.2, 0.25) is 0 Å². The van der Waals surface area contributed by atoms with E-state index in [0.29, 0.717) is 34.1 Å². The van der Waals surface area contributed by atoms with E-state index in [4.69, 9.17) is 13.9 Å². The molecule has 1 aliphatic rings. The van der Waals surface area contributed by atoms with E-state index < -0.39 is 10.0 Å². The first kappa shape index (κ1) is 26.4. The van der Waals surface area contributed by atoms with E-state index in [1.54, 1.807) is 55.8 Å². The Hall–Kier alpha value is -4.18. The molecule has 0 bridgehead atoms. The van der Waals surface area contributed by atoms with E-state index in [9.17, 15) is 13.2 Å². The van der Waals surface area contributed by atoms with Crippen LogP contribution in [0.15, 0.2) is 76.2 Å². The third-order valence-corrected chi connectivity index (χ3v) is 8.19. The van der Waals surface area contributed by atoms with Crippen LogP contribution < -0.4 is 24.4 Å². The predicted molar refractivity (Wildman–Crippen MR) is 151 cm³/mol. The summed E-state index contributed by atoms with van der Waals surface area (Å²) < 4.78 is 46.2. The van der Waals surface area contributed by atoms with Crippen LogP contribution in [0.1, 0.15) is 24.8 Å². The van der Waals surface area contributed by atoms with Crippen LogP contribution in [-0.2, 0) is 21.2 Å². The Morgan fingerprint density at radius 2 is 1.77 bits per heavy atom. The molecule has 0 atom stereocenters. The van der Waals surface area contributed by atoms with E-state index in [2.05, 4.69) is 14.9 Å². The molecule has 2 heterocycles. The molecule has 1 amide bonds. The van der Waals surface area contributed by atoms with Gasteiger partial charge in [0.25, 0.3) is 10.0 Å². The molecule has 1 aliphatic heterocycles. The second-order valence-electron chi connectivity index (χ2n) is 9.38. The zero-order valence-electron chi connectivity index (χ0n) is 21.9. The van der Waals surface area contributed by atoms with Crippen LogP contribution in [0.25, 0.3) is 11.0 Å². The van der Waals surface area contributed by atoms with Gasteiger partial charge in [-0.1, -0.05) is 12.1 Å². The SMILES string of the molecule is COc1ccc2c(CC(=O)Nc3ccc(N4CCCCC4)c(S(=O)(=O)Nc4ccccc4OC)c3)coc2c1. The summed E-state index contributed by atoms with van der Waals surface area (Å²) in [5.41, 5.74) is 2.67. The van der Waals surface area contributed by atoms with E-state index in [0.717, 1.165) is 43.3 Å². The Morgan fingerprint density at radius 3 is 2.54 bits per heavy atom. The number of nitrogens with one attached hydrogen (secondary N) is 2. The molecule has 1 fully saturated rings. The summed E-state index contributed by atoms with van der Waals surface area (Å²) in [6.07, 6.45) is 4.71. The number of rotatable bonds is 9. The minimum Gasteiger partial charge on any atom is -0.497 e. The third-order valence-electron chi connectivity index (χ3n) is 6.80. The molecule has 0 spiro atoms. The van der Waals surface area contributed by atoms with Gasteiger partial charge >= 0.3 is 0 Å². The minimum absolute atomic E-state index is 0.0642. The number of anilines is 3. The number of hydrogen-bond donors (Lipinski definition) is 2. The van der Waals surface area contributed by atoms with Gasteiger partial charge in [0.05, 0.1) is 38.3 Å². The van der Waals surface area contributed by atoms with Gasteiger partial charge in [0.2, 0.25) is 5.91 Å². The molecule has 39 heavy (non-hydrogen) atoms. The fourth-order valence-corrected chi connectivity index (χ4v) is 6.16. The average Bonchev–Trinajstić information content (AvgIpc) is 3.35. The molecule has 204 valence electrons. The Balaban J connectivity index is 1.42. The lowest BCUT2D eigenvalue weighted by Gasteiger charge is -2.30. The van der Waals surface area contributed by atoms with Gasteiger partial charge in [-0.2, -0.15) is 0 Å². The van der Waals surface area contributed by atoms with Crippen LogP contribution in [0.4, 0.5) is 17.1 Å². The van der Waals surface area contributed by atoms with E-state index in [1.807, 2.05) is 12.1 Å². The van der Waals surface area contributed by atoms with Crippen LogP contribution >= 0.6 is 0 Å². The highest BCUT2D eigenvalue weighted by molar-refractivity contribution is 7.93. The van der Waals surface area contributed by atoms with Crippen LogP contribution in [-0.4, -0.2) is 41.6 Å². The van der Waals surface area contributed by atoms with Crippen LogP contribution in [0, 0.1) is 0 Å². The Labute approximate surface area is 227 Å². The summed E-state index contributed by atoms with van der Waals surface area (Å²) in [4.78, 5) is 15.2. The van der Waals surface area contributed by atoms with Crippen molar-refractivity contribution in [1.82, 2.24) is 0 Å². The molecule has 5 rings (SSSR count). The molecule has 3 aromatic carbocycles. The van der Waals surface area contributed by atoms with E-state index >= 15 is 0 Å². The van der Waals surface area contributed by atoms with Crippen molar-refractivity contribution in [2.75, 3.05) is 42.2 Å². The number of hydrogen-bond acceptors (Lipinski definition) is 7. The molecule has 0 radical (unpaired) electrons. The standard InChI is InChI=1S/C29H31N3O6S/c1-36-22-11-12-23-20(19-38-27(23)18-22)16-29(33)30-21-10-13-25(32-14-6-3-7-15-32)28(17-21)39(34,35)31-24-8-4-5-9-26(24)37-2/h4-5,8-13,17-19,31H,3,6-7,14-16H2,1-2H3,(H,30,33). The second-order valence-corrected chi connectivity index (χ2v) is 11.0. The zero-order chi connectivity index (χ0) is 27.4. The first-order chi connectivity index (χ1) is 18.9. The van der Waals surface area contributed by atoms with Gasteiger partial charge in [0, 0.05) is 35.8 Å². The molecule has 0 saturated carbocycles. The molecule has 4 aromatic rings. The fraction of sp³-hybridized carbons (Fsp3) is 0.276. The molecule has 0 unspecified atom stereocenters. The van der Waals surface area contributed by atoms with Crippen LogP contribution in [0.3, 0.4) is 0 Å². The summed E-state index contributed by atoms with van der Waals surface area (Å²) in [6, 6.07) is 17.3. The average molecular weight is 550 g/mol. The first-order valence-electron chi connectivity index (χ1n) is 12.8. The minimum atomic E-state index is -4.02.